The summed E-state index contributed by atoms with van der Waals surface area (Å²) >= 11 is 6.68. The summed E-state index contributed by atoms with van der Waals surface area (Å²) in [4.78, 5) is 4.12. The van der Waals surface area contributed by atoms with Crippen molar-refractivity contribution < 1.29 is 0 Å². The van der Waals surface area contributed by atoms with E-state index in [-0.39, 0.29) is 0 Å². The second kappa shape index (κ2) is 6.71. The number of hydrogen-bond acceptors (Lipinski definition) is 5. The van der Waals surface area contributed by atoms with E-state index in [1.807, 2.05) is 11.3 Å². The summed E-state index contributed by atoms with van der Waals surface area (Å²) in [6, 6.07) is 12.7. The van der Waals surface area contributed by atoms with Crippen LogP contribution in [-0.2, 0) is 12.8 Å². The van der Waals surface area contributed by atoms with E-state index >= 15 is 0 Å². The van der Waals surface area contributed by atoms with Crippen molar-refractivity contribution in [2.24, 2.45) is 4.99 Å². The minimum absolute atomic E-state index is 0.656. The molecular weight excluding hydrogens is 322 g/mol. The van der Waals surface area contributed by atoms with Gasteiger partial charge in [-0.05, 0) is 36.1 Å². The van der Waals surface area contributed by atoms with E-state index in [0.717, 1.165) is 48.0 Å². The van der Waals surface area contributed by atoms with Gasteiger partial charge < -0.3 is 10.6 Å². The lowest BCUT2D eigenvalue weighted by Gasteiger charge is -2.18. The zero-order chi connectivity index (χ0) is 16.4. The van der Waals surface area contributed by atoms with Crippen molar-refractivity contribution in [2.75, 3.05) is 30.4 Å². The average Bonchev–Trinajstić information content (AvgIpc) is 3.04. The second-order valence-electron chi connectivity index (χ2n) is 5.98. The predicted molar refractivity (Wildman–Crippen MR) is 100 cm³/mol. The van der Waals surface area contributed by atoms with Crippen molar-refractivity contribution in [1.29, 1.82) is 0 Å². The van der Waals surface area contributed by atoms with Crippen LogP contribution in [0.4, 0.5) is 17.1 Å². The summed E-state index contributed by atoms with van der Waals surface area (Å²) in [6.45, 7) is 2.27. The van der Waals surface area contributed by atoms with Gasteiger partial charge in [0.25, 0.3) is 0 Å². The molecule has 0 saturated carbocycles. The lowest BCUT2D eigenvalue weighted by atomic mass is 10.0. The molecule has 4 rings (SSSR count). The third-order valence-corrected chi connectivity index (χ3v) is 4.82. The number of fused-ring (bicyclic) bond motifs is 2. The Bertz CT molecular complexity index is 774. The zero-order valence-corrected chi connectivity index (χ0v) is 14.1. The maximum absolute atomic E-state index is 6.68. The number of rotatable bonds is 4. The Kier molecular flexibility index (Phi) is 4.28. The van der Waals surface area contributed by atoms with E-state index in [1.165, 1.54) is 11.1 Å². The Hall–Kier alpha value is -2.24. The van der Waals surface area contributed by atoms with Gasteiger partial charge in [-0.25, -0.2) is 5.43 Å². The maximum atomic E-state index is 6.68. The molecule has 0 radical (unpaired) electrons. The molecule has 0 amide bonds. The Morgan fingerprint density at radius 2 is 2.00 bits per heavy atom. The normalized spacial score (nSPS) is 15.5. The zero-order valence-electron chi connectivity index (χ0n) is 13.3. The van der Waals surface area contributed by atoms with E-state index in [2.05, 4.69) is 57.4 Å². The summed E-state index contributed by atoms with van der Waals surface area (Å²) < 4.78 is 0. The van der Waals surface area contributed by atoms with Crippen LogP contribution in [0.3, 0.4) is 0 Å². The topological polar surface area (TPSA) is 51.7 Å². The molecule has 24 heavy (non-hydrogen) atoms. The number of nitrogens with zero attached hydrogens (tertiary/aromatic N) is 2. The summed E-state index contributed by atoms with van der Waals surface area (Å²) in [5.41, 5.74) is 8.87. The number of para-hydroxylation sites is 1. The predicted octanol–water partition coefficient (Wildman–Crippen LogP) is 3.40. The fraction of sp³-hybridized carbons (Fsp3) is 0.278. The van der Waals surface area contributed by atoms with Crippen molar-refractivity contribution in [3.05, 3.63) is 52.5 Å². The molecule has 124 valence electrons. The first-order chi connectivity index (χ1) is 11.8. The fourth-order valence-electron chi connectivity index (χ4n) is 3.12. The monoisotopic (exact) mass is 341 g/mol. The number of halogens is 1. The molecule has 0 aromatic heterocycles. The first-order valence-corrected chi connectivity index (χ1v) is 8.59. The highest BCUT2D eigenvalue weighted by molar-refractivity contribution is 6.36. The van der Waals surface area contributed by atoms with Crippen LogP contribution in [0.2, 0.25) is 5.02 Å². The molecule has 0 spiro atoms. The molecule has 0 fully saturated rings. The molecule has 5 nitrogen and oxygen atoms in total. The quantitative estimate of drug-likeness (QED) is 0.797. The van der Waals surface area contributed by atoms with Crippen LogP contribution in [-0.4, -0.2) is 31.1 Å². The number of anilines is 3. The summed E-state index contributed by atoms with van der Waals surface area (Å²) in [6.07, 6.45) is 3.84. The third-order valence-electron chi connectivity index (χ3n) is 4.42. The lowest BCUT2D eigenvalue weighted by Crippen LogP contribution is -2.35. The van der Waals surface area contributed by atoms with E-state index in [9.17, 15) is 0 Å². The highest BCUT2D eigenvalue weighted by Crippen LogP contribution is 2.38. The number of aliphatic imine (C=N–C) groups is 1. The molecule has 0 unspecified atom stereocenters. The smallest absolute Gasteiger partial charge is 0.107 e. The van der Waals surface area contributed by atoms with Crippen LogP contribution in [0.5, 0.6) is 0 Å². The van der Waals surface area contributed by atoms with Gasteiger partial charge in [0.15, 0.2) is 0 Å². The Labute approximate surface area is 146 Å². The molecule has 2 aliphatic heterocycles. The second-order valence-corrected chi connectivity index (χ2v) is 6.36. The van der Waals surface area contributed by atoms with Gasteiger partial charge >= 0.3 is 0 Å². The highest BCUT2D eigenvalue weighted by atomic mass is 35.5. The molecule has 2 heterocycles. The first kappa shape index (κ1) is 15.3. The molecule has 0 aliphatic carbocycles. The number of hydrazine groups is 1. The summed E-state index contributed by atoms with van der Waals surface area (Å²) in [5.74, 6) is 0. The van der Waals surface area contributed by atoms with Gasteiger partial charge in [-0.1, -0.05) is 35.9 Å². The summed E-state index contributed by atoms with van der Waals surface area (Å²) in [7, 11) is 0. The van der Waals surface area contributed by atoms with Gasteiger partial charge in [-0.15, -0.1) is 0 Å². The Morgan fingerprint density at radius 3 is 2.88 bits per heavy atom. The van der Waals surface area contributed by atoms with E-state index in [4.69, 9.17) is 11.6 Å². The lowest BCUT2D eigenvalue weighted by molar-refractivity contribution is 0.361. The minimum Gasteiger partial charge on any atom is -0.382 e. The van der Waals surface area contributed by atoms with Gasteiger partial charge in [0, 0.05) is 12.2 Å². The molecular formula is C18H20ClN5. The molecule has 0 atom stereocenters. The van der Waals surface area contributed by atoms with Gasteiger partial charge in [-0.3, -0.25) is 10.0 Å². The van der Waals surface area contributed by atoms with Crippen LogP contribution in [0.15, 0.2) is 41.4 Å². The highest BCUT2D eigenvalue weighted by Gasteiger charge is 2.17. The van der Waals surface area contributed by atoms with Crippen LogP contribution >= 0.6 is 11.6 Å². The van der Waals surface area contributed by atoms with Gasteiger partial charge in [0.05, 0.1) is 22.9 Å². The van der Waals surface area contributed by atoms with Crippen LogP contribution < -0.4 is 16.1 Å². The Balaban J connectivity index is 1.52. The molecule has 0 saturated heterocycles. The average molecular weight is 342 g/mol. The minimum atomic E-state index is 0.656. The van der Waals surface area contributed by atoms with Gasteiger partial charge in [-0.2, -0.15) is 0 Å². The maximum Gasteiger partial charge on any atom is 0.107 e. The summed E-state index contributed by atoms with van der Waals surface area (Å²) in [5, 5.41) is 9.67. The van der Waals surface area contributed by atoms with Crippen LogP contribution in [0.25, 0.3) is 0 Å². The van der Waals surface area contributed by atoms with Crippen molar-refractivity contribution in [1.82, 2.24) is 10.4 Å². The molecule has 2 aliphatic rings. The first-order valence-electron chi connectivity index (χ1n) is 8.21. The molecule has 6 heteroatoms. The third kappa shape index (κ3) is 3.05. The van der Waals surface area contributed by atoms with Crippen molar-refractivity contribution >= 4 is 35.0 Å². The van der Waals surface area contributed by atoms with E-state index in [0.29, 0.717) is 6.67 Å². The largest absolute Gasteiger partial charge is 0.382 e. The molecule has 0 bridgehead atoms. The van der Waals surface area contributed by atoms with Gasteiger partial charge in [0.1, 0.15) is 13.0 Å². The number of nitrogens with one attached hydrogen (secondary N) is 3. The number of hydrogen-bond donors (Lipinski definition) is 3. The van der Waals surface area contributed by atoms with Crippen LogP contribution in [0.1, 0.15) is 11.1 Å². The van der Waals surface area contributed by atoms with Gasteiger partial charge in [0.2, 0.25) is 0 Å². The molecule has 3 N–H and O–H groups in total. The number of benzene rings is 2. The van der Waals surface area contributed by atoms with Crippen molar-refractivity contribution in [3.8, 4) is 0 Å². The molecule has 2 aromatic rings. The van der Waals surface area contributed by atoms with E-state index < -0.39 is 0 Å². The van der Waals surface area contributed by atoms with E-state index in [1.54, 1.807) is 0 Å². The van der Waals surface area contributed by atoms with Crippen molar-refractivity contribution in [2.45, 2.75) is 12.8 Å². The SMILES string of the molecule is Clc1c(NCCN2C=NCN2)ccc2c1Nc1ccccc1CC2. The van der Waals surface area contributed by atoms with Crippen LogP contribution in [0, 0.1) is 0 Å². The number of aryl methyl sites for hydroxylation is 2. The Morgan fingerprint density at radius 1 is 1.12 bits per heavy atom. The van der Waals surface area contributed by atoms with Crippen molar-refractivity contribution in [3.63, 3.8) is 0 Å². The molecule has 2 aromatic carbocycles. The standard InChI is InChI=1S/C18H20ClN5/c19-17-16(21-9-10-24-12-20-11-22-24)8-7-14-6-5-13-3-1-2-4-15(13)23-18(14)17/h1-4,7-8,12,21-23H,5-6,9-11H2. The fourth-order valence-corrected chi connectivity index (χ4v) is 3.42.